The van der Waals surface area contributed by atoms with E-state index in [0.717, 1.165) is 22.2 Å². The van der Waals surface area contributed by atoms with E-state index in [4.69, 9.17) is 4.42 Å². The van der Waals surface area contributed by atoms with Crippen LogP contribution < -0.4 is 10.9 Å². The summed E-state index contributed by atoms with van der Waals surface area (Å²) >= 11 is 0. The van der Waals surface area contributed by atoms with Crippen LogP contribution in [0.3, 0.4) is 0 Å². The monoisotopic (exact) mass is 400 g/mol. The molecule has 0 aliphatic carbocycles. The Morgan fingerprint density at radius 1 is 1.20 bits per heavy atom. The quantitative estimate of drug-likeness (QED) is 0.367. The minimum atomic E-state index is -0.629. The van der Waals surface area contributed by atoms with Gasteiger partial charge in [-0.1, -0.05) is 35.9 Å². The first kappa shape index (κ1) is 19.7. The van der Waals surface area contributed by atoms with E-state index in [1.54, 1.807) is 12.1 Å². The molecule has 2 N–H and O–H groups in total. The van der Waals surface area contributed by atoms with Crippen molar-refractivity contribution in [2.24, 2.45) is 0 Å². The summed E-state index contributed by atoms with van der Waals surface area (Å²) < 4.78 is 5.47. The van der Waals surface area contributed by atoms with Crippen LogP contribution in [-0.4, -0.2) is 17.4 Å². The predicted octanol–water partition coefficient (Wildman–Crippen LogP) is 4.59. The third-order valence-corrected chi connectivity index (χ3v) is 5.39. The van der Waals surface area contributed by atoms with E-state index in [-0.39, 0.29) is 5.56 Å². The van der Waals surface area contributed by atoms with E-state index >= 15 is 0 Å². The summed E-state index contributed by atoms with van der Waals surface area (Å²) in [5.41, 5.74) is 5.31. The Hall–Kier alpha value is -3.60. The molecule has 5 heteroatoms. The van der Waals surface area contributed by atoms with Crippen molar-refractivity contribution in [1.82, 2.24) is 10.3 Å². The number of carbonyl (C=O) groups excluding carboxylic acids is 1. The fourth-order valence-electron chi connectivity index (χ4n) is 3.89. The lowest BCUT2D eigenvalue weighted by Crippen LogP contribution is -2.30. The molecule has 0 atom stereocenters. The van der Waals surface area contributed by atoms with Crippen LogP contribution in [0, 0.1) is 13.8 Å². The van der Waals surface area contributed by atoms with Crippen LogP contribution in [0.2, 0.25) is 0 Å². The largest absolute Gasteiger partial charge is 0.422 e. The van der Waals surface area contributed by atoms with Crippen molar-refractivity contribution in [3.63, 3.8) is 0 Å². The number of H-pyrrole nitrogens is 1. The van der Waals surface area contributed by atoms with E-state index in [0.29, 0.717) is 25.0 Å². The zero-order valence-electron chi connectivity index (χ0n) is 17.2. The summed E-state index contributed by atoms with van der Waals surface area (Å²) in [5, 5.41) is 4.75. The second kappa shape index (κ2) is 8.03. The highest BCUT2D eigenvalue weighted by Gasteiger charge is 2.15. The lowest BCUT2D eigenvalue weighted by molar-refractivity contribution is 0.0950. The van der Waals surface area contributed by atoms with E-state index in [9.17, 15) is 9.59 Å². The Bertz CT molecular complexity index is 1330. The lowest BCUT2D eigenvalue weighted by atomic mass is 10.1. The molecule has 2 heterocycles. The number of fused-ring (bicyclic) bond motifs is 2. The van der Waals surface area contributed by atoms with Gasteiger partial charge in [-0.15, -0.1) is 6.58 Å². The average molecular weight is 400 g/mol. The number of aromatic amines is 1. The smallest absolute Gasteiger partial charge is 0.349 e. The summed E-state index contributed by atoms with van der Waals surface area (Å²) in [6.45, 7) is 8.25. The second-order valence-corrected chi connectivity index (χ2v) is 7.56. The van der Waals surface area contributed by atoms with Crippen LogP contribution in [0.5, 0.6) is 0 Å². The fraction of sp³-hybridized carbons (Fsp3) is 0.200. The molecule has 0 saturated carbocycles. The number of aryl methyl sites for hydroxylation is 2. The van der Waals surface area contributed by atoms with Gasteiger partial charge in [0.05, 0.1) is 0 Å². The predicted molar refractivity (Wildman–Crippen MR) is 120 cm³/mol. The summed E-state index contributed by atoms with van der Waals surface area (Å²) in [4.78, 5) is 28.5. The van der Waals surface area contributed by atoms with E-state index in [1.807, 2.05) is 25.1 Å². The van der Waals surface area contributed by atoms with Gasteiger partial charge in [0.15, 0.2) is 0 Å². The molecule has 0 aliphatic rings. The minimum Gasteiger partial charge on any atom is -0.422 e. The number of para-hydroxylation sites is 1. The molecular formula is C25H24N2O3. The van der Waals surface area contributed by atoms with Gasteiger partial charge < -0.3 is 14.7 Å². The number of hydrogen-bond donors (Lipinski definition) is 2. The normalized spacial score (nSPS) is 11.1. The van der Waals surface area contributed by atoms with Crippen molar-refractivity contribution in [3.8, 4) is 0 Å². The van der Waals surface area contributed by atoms with E-state index in [1.165, 1.54) is 16.5 Å². The van der Waals surface area contributed by atoms with Crippen molar-refractivity contribution >= 4 is 27.8 Å². The Labute approximate surface area is 174 Å². The van der Waals surface area contributed by atoms with Gasteiger partial charge in [0, 0.05) is 28.5 Å². The zero-order valence-corrected chi connectivity index (χ0v) is 17.2. The molecule has 0 spiro atoms. The average Bonchev–Trinajstić information content (AvgIpc) is 3.03. The highest BCUT2D eigenvalue weighted by atomic mass is 16.4. The van der Waals surface area contributed by atoms with Crippen LogP contribution >= 0.6 is 0 Å². The lowest BCUT2D eigenvalue weighted by Gasteiger charge is -2.07. The van der Waals surface area contributed by atoms with Gasteiger partial charge in [-0.05, 0) is 56.0 Å². The standard InChI is InChI=1S/C25H24N2O3/c1-4-6-17-7-5-8-18-14-21(25(29)30-23(17)18)24(28)26-12-11-19-16(3)27-22-10-9-15(2)13-20(19)22/h4-5,7-10,13-14,27H,1,6,11-12H2,2-3H3,(H,26,28). The number of benzene rings is 2. The van der Waals surface area contributed by atoms with Gasteiger partial charge in [0.2, 0.25) is 0 Å². The molecule has 2 aromatic carbocycles. The summed E-state index contributed by atoms with van der Waals surface area (Å²) in [6.07, 6.45) is 3.02. The van der Waals surface area contributed by atoms with Crippen molar-refractivity contribution < 1.29 is 9.21 Å². The maximum Gasteiger partial charge on any atom is 0.349 e. The van der Waals surface area contributed by atoms with E-state index < -0.39 is 11.5 Å². The minimum absolute atomic E-state index is 0.0183. The SMILES string of the molecule is C=CCc1cccc2cc(C(=O)NCCc3c(C)[nH]c4ccc(C)cc34)c(=O)oc12. The fourth-order valence-corrected chi connectivity index (χ4v) is 3.89. The molecule has 152 valence electrons. The van der Waals surface area contributed by atoms with Crippen molar-refractivity contribution in [3.05, 3.63) is 93.5 Å². The van der Waals surface area contributed by atoms with Gasteiger partial charge in [-0.25, -0.2) is 4.79 Å². The summed E-state index contributed by atoms with van der Waals surface area (Å²) in [7, 11) is 0. The maximum absolute atomic E-state index is 12.7. The molecule has 1 amide bonds. The molecule has 0 radical (unpaired) electrons. The maximum atomic E-state index is 12.7. The Morgan fingerprint density at radius 3 is 2.83 bits per heavy atom. The molecule has 2 aromatic heterocycles. The molecule has 0 fully saturated rings. The second-order valence-electron chi connectivity index (χ2n) is 7.56. The Morgan fingerprint density at radius 2 is 2.03 bits per heavy atom. The number of amides is 1. The van der Waals surface area contributed by atoms with Crippen molar-refractivity contribution in [2.45, 2.75) is 26.7 Å². The number of nitrogens with one attached hydrogen (secondary N) is 2. The first-order valence-corrected chi connectivity index (χ1v) is 10.0. The van der Waals surface area contributed by atoms with Gasteiger partial charge in [-0.3, -0.25) is 4.79 Å². The molecule has 0 saturated heterocycles. The van der Waals surface area contributed by atoms with Gasteiger partial charge in [0.1, 0.15) is 11.1 Å². The number of allylic oxidation sites excluding steroid dienone is 1. The third kappa shape index (κ3) is 3.66. The van der Waals surface area contributed by atoms with Crippen LogP contribution in [0.15, 0.2) is 64.3 Å². The van der Waals surface area contributed by atoms with Crippen molar-refractivity contribution in [2.75, 3.05) is 6.54 Å². The highest BCUT2D eigenvalue weighted by Crippen LogP contribution is 2.23. The topological polar surface area (TPSA) is 75.1 Å². The third-order valence-electron chi connectivity index (χ3n) is 5.39. The van der Waals surface area contributed by atoms with Crippen LogP contribution in [-0.2, 0) is 12.8 Å². The van der Waals surface area contributed by atoms with E-state index in [2.05, 4.69) is 42.0 Å². The summed E-state index contributed by atoms with van der Waals surface area (Å²) in [6, 6.07) is 13.5. The first-order chi connectivity index (χ1) is 14.5. The zero-order chi connectivity index (χ0) is 21.3. The molecule has 5 nitrogen and oxygen atoms in total. The number of hydrogen-bond acceptors (Lipinski definition) is 3. The van der Waals surface area contributed by atoms with Gasteiger partial charge in [0.25, 0.3) is 5.91 Å². The molecule has 4 rings (SSSR count). The number of rotatable bonds is 6. The summed E-state index contributed by atoms with van der Waals surface area (Å²) in [5.74, 6) is -0.423. The van der Waals surface area contributed by atoms with Crippen molar-refractivity contribution in [1.29, 1.82) is 0 Å². The molecule has 30 heavy (non-hydrogen) atoms. The number of carbonyl (C=O) groups is 1. The van der Waals surface area contributed by atoms with Gasteiger partial charge >= 0.3 is 5.63 Å². The molecule has 0 unspecified atom stereocenters. The molecular weight excluding hydrogens is 376 g/mol. The molecule has 4 aromatic rings. The van der Waals surface area contributed by atoms with Crippen LogP contribution in [0.25, 0.3) is 21.9 Å². The first-order valence-electron chi connectivity index (χ1n) is 10.0. The van der Waals surface area contributed by atoms with Crippen LogP contribution in [0.1, 0.15) is 32.7 Å². The molecule has 0 bridgehead atoms. The highest BCUT2D eigenvalue weighted by molar-refractivity contribution is 5.97. The number of aromatic nitrogens is 1. The Kier molecular flexibility index (Phi) is 5.27. The van der Waals surface area contributed by atoms with Crippen LogP contribution in [0.4, 0.5) is 0 Å². The van der Waals surface area contributed by atoms with Gasteiger partial charge in [-0.2, -0.15) is 0 Å². The Balaban J connectivity index is 1.54. The molecule has 0 aliphatic heterocycles.